The fourth-order valence-electron chi connectivity index (χ4n) is 1.00. The maximum absolute atomic E-state index is 11.1. The summed E-state index contributed by atoms with van der Waals surface area (Å²) >= 11 is 4.01. The van der Waals surface area contributed by atoms with Crippen molar-refractivity contribution >= 4 is 30.3 Å². The summed E-state index contributed by atoms with van der Waals surface area (Å²) in [6.45, 7) is 0. The first-order valence-electron chi connectivity index (χ1n) is 4.26. The van der Waals surface area contributed by atoms with Gasteiger partial charge in [-0.15, -0.1) is 12.6 Å². The van der Waals surface area contributed by atoms with E-state index in [0.717, 1.165) is 0 Å². The van der Waals surface area contributed by atoms with E-state index in [1.165, 1.54) is 13.1 Å². The molecule has 0 saturated carbocycles. The normalized spacial score (nSPS) is 11.2. The van der Waals surface area contributed by atoms with Crippen LogP contribution in [-0.2, 0) is 4.79 Å². The molecule has 0 atom stereocenters. The van der Waals surface area contributed by atoms with Gasteiger partial charge in [0, 0.05) is 7.05 Å². The second-order valence-electron chi connectivity index (χ2n) is 2.93. The van der Waals surface area contributed by atoms with E-state index < -0.39 is 0 Å². The first-order chi connectivity index (χ1) is 7.04. The molecule has 0 saturated heterocycles. The summed E-state index contributed by atoms with van der Waals surface area (Å²) in [5, 5.41) is 11.8. The van der Waals surface area contributed by atoms with Crippen molar-refractivity contribution in [2.24, 2.45) is 0 Å². The van der Waals surface area contributed by atoms with E-state index in [4.69, 9.17) is 5.73 Å². The molecular weight excluding hydrogens is 212 g/mol. The Morgan fingerprint density at radius 1 is 1.60 bits per heavy atom. The van der Waals surface area contributed by atoms with E-state index in [1.54, 1.807) is 18.2 Å². The van der Waals surface area contributed by atoms with Crippen molar-refractivity contribution in [2.45, 2.75) is 0 Å². The Labute approximate surface area is 93.2 Å². The van der Waals surface area contributed by atoms with Gasteiger partial charge in [-0.2, -0.15) is 0 Å². The molecule has 0 spiro atoms. The van der Waals surface area contributed by atoms with Gasteiger partial charge in [0.1, 0.15) is 5.75 Å². The van der Waals surface area contributed by atoms with Gasteiger partial charge < -0.3 is 16.2 Å². The Kier molecular flexibility index (Phi) is 3.62. The second kappa shape index (κ2) is 4.75. The van der Waals surface area contributed by atoms with Crippen molar-refractivity contribution in [3.05, 3.63) is 28.7 Å². The molecule has 0 unspecified atom stereocenters. The first-order valence-corrected chi connectivity index (χ1v) is 4.70. The number of nitrogens with two attached hydrogens (primary N) is 1. The lowest BCUT2D eigenvalue weighted by Crippen LogP contribution is -2.17. The maximum Gasteiger partial charge on any atom is 0.257 e. The molecule has 0 aliphatic rings. The van der Waals surface area contributed by atoms with Crippen LogP contribution in [0.1, 0.15) is 5.56 Å². The van der Waals surface area contributed by atoms with E-state index in [9.17, 15) is 9.90 Å². The maximum atomic E-state index is 11.1. The van der Waals surface area contributed by atoms with Crippen molar-refractivity contribution in [2.75, 3.05) is 12.8 Å². The number of likely N-dealkylation sites (N-methyl/N-ethyl adjacent to an activating group) is 1. The Morgan fingerprint density at radius 2 is 2.27 bits per heavy atom. The number of thiol groups is 1. The van der Waals surface area contributed by atoms with E-state index in [0.29, 0.717) is 11.3 Å². The molecule has 0 heterocycles. The van der Waals surface area contributed by atoms with Crippen LogP contribution in [0, 0.1) is 0 Å². The number of hydrogen-bond donors (Lipinski definition) is 4. The van der Waals surface area contributed by atoms with Crippen molar-refractivity contribution in [1.82, 2.24) is 5.32 Å². The Balaban J connectivity index is 2.98. The molecule has 80 valence electrons. The molecule has 1 rings (SSSR count). The molecule has 5 heteroatoms. The van der Waals surface area contributed by atoms with Crippen LogP contribution in [0.25, 0.3) is 6.08 Å². The summed E-state index contributed by atoms with van der Waals surface area (Å²) in [6.07, 6.45) is 1.54. The number of carbonyl (C=O) groups is 1. The monoisotopic (exact) mass is 224 g/mol. The lowest BCUT2D eigenvalue weighted by Gasteiger charge is -2.01. The van der Waals surface area contributed by atoms with Crippen LogP contribution in [0.15, 0.2) is 23.1 Å². The number of nitrogen functional groups attached to an aromatic ring is 1. The van der Waals surface area contributed by atoms with Gasteiger partial charge in [0.05, 0.1) is 10.6 Å². The lowest BCUT2D eigenvalue weighted by molar-refractivity contribution is -0.116. The van der Waals surface area contributed by atoms with Crippen LogP contribution in [0.5, 0.6) is 5.75 Å². The summed E-state index contributed by atoms with van der Waals surface area (Å²) in [7, 11) is 1.52. The second-order valence-corrected chi connectivity index (χ2v) is 3.41. The average molecular weight is 224 g/mol. The van der Waals surface area contributed by atoms with Gasteiger partial charge in [0.15, 0.2) is 0 Å². The number of carbonyl (C=O) groups excluding carboxylic acids is 1. The van der Waals surface area contributed by atoms with E-state index >= 15 is 0 Å². The van der Waals surface area contributed by atoms with Gasteiger partial charge in [0.2, 0.25) is 0 Å². The lowest BCUT2D eigenvalue weighted by atomic mass is 10.2. The summed E-state index contributed by atoms with van der Waals surface area (Å²) in [4.78, 5) is 11.4. The molecule has 1 amide bonds. The number of amides is 1. The summed E-state index contributed by atoms with van der Waals surface area (Å²) in [5.74, 6) is -0.295. The minimum absolute atomic E-state index is 0.0122. The predicted molar refractivity (Wildman–Crippen MR) is 63.5 cm³/mol. The zero-order chi connectivity index (χ0) is 11.4. The molecule has 1 aromatic rings. The molecule has 0 fully saturated rings. The average Bonchev–Trinajstić information content (AvgIpc) is 2.22. The molecule has 0 aliphatic carbocycles. The van der Waals surface area contributed by atoms with E-state index in [1.807, 2.05) is 0 Å². The zero-order valence-corrected chi connectivity index (χ0v) is 9.08. The number of anilines is 1. The van der Waals surface area contributed by atoms with Gasteiger partial charge in [-0.1, -0.05) is 6.07 Å². The summed E-state index contributed by atoms with van der Waals surface area (Å²) < 4.78 is 0. The highest BCUT2D eigenvalue weighted by molar-refractivity contribution is 7.85. The topological polar surface area (TPSA) is 75.4 Å². The minimum atomic E-state index is -0.283. The molecule has 0 bridgehead atoms. The van der Waals surface area contributed by atoms with Crippen molar-refractivity contribution in [1.29, 1.82) is 0 Å². The standard InChI is InChI=1S/C10H12N2O2S/c1-12-10(14)9(15)5-6-2-3-7(11)8(13)4-6/h2-5,13,15H,11H2,1H3,(H,12,14)/b9-5-. The highest BCUT2D eigenvalue weighted by atomic mass is 32.1. The fourth-order valence-corrected chi connectivity index (χ4v) is 1.26. The molecule has 4 N–H and O–H groups in total. The van der Waals surface area contributed by atoms with E-state index in [-0.39, 0.29) is 16.6 Å². The summed E-state index contributed by atoms with van der Waals surface area (Å²) in [5.41, 5.74) is 6.40. The van der Waals surface area contributed by atoms with Crippen LogP contribution in [0.4, 0.5) is 5.69 Å². The first kappa shape index (κ1) is 11.5. The number of phenolic OH excluding ortho intramolecular Hbond substituents is 1. The van der Waals surface area contributed by atoms with Gasteiger partial charge in [-0.05, 0) is 23.8 Å². The largest absolute Gasteiger partial charge is 0.506 e. The summed E-state index contributed by atoms with van der Waals surface area (Å²) in [6, 6.07) is 4.72. The smallest absolute Gasteiger partial charge is 0.257 e. The number of hydrogen-bond acceptors (Lipinski definition) is 4. The van der Waals surface area contributed by atoms with Crippen LogP contribution in [0.2, 0.25) is 0 Å². The zero-order valence-electron chi connectivity index (χ0n) is 8.19. The number of phenols is 1. The van der Waals surface area contributed by atoms with Crippen LogP contribution in [0.3, 0.4) is 0 Å². The number of rotatable bonds is 2. The fraction of sp³-hybridized carbons (Fsp3) is 0.100. The quantitative estimate of drug-likeness (QED) is 0.262. The third-order valence-corrected chi connectivity index (χ3v) is 2.15. The van der Waals surface area contributed by atoms with Crippen molar-refractivity contribution < 1.29 is 9.90 Å². The number of nitrogens with one attached hydrogen (secondary N) is 1. The molecule has 4 nitrogen and oxygen atoms in total. The molecule has 0 radical (unpaired) electrons. The molecule has 0 aromatic heterocycles. The van der Waals surface area contributed by atoms with Crippen LogP contribution >= 0.6 is 12.6 Å². The highest BCUT2D eigenvalue weighted by Crippen LogP contribution is 2.22. The van der Waals surface area contributed by atoms with E-state index in [2.05, 4.69) is 17.9 Å². The third-order valence-electron chi connectivity index (χ3n) is 1.82. The molecular formula is C10H12N2O2S. The number of aromatic hydroxyl groups is 1. The molecule has 0 aliphatic heterocycles. The minimum Gasteiger partial charge on any atom is -0.506 e. The third kappa shape index (κ3) is 2.92. The van der Waals surface area contributed by atoms with Crippen molar-refractivity contribution in [3.8, 4) is 5.75 Å². The van der Waals surface area contributed by atoms with Gasteiger partial charge in [-0.3, -0.25) is 4.79 Å². The Hall–Kier alpha value is -1.62. The molecule has 15 heavy (non-hydrogen) atoms. The highest BCUT2D eigenvalue weighted by Gasteiger charge is 2.03. The Bertz CT molecular complexity index is 416. The predicted octanol–water partition coefficient (Wildman–Crippen LogP) is 0.991. The molecule has 1 aromatic carbocycles. The number of benzene rings is 1. The van der Waals surface area contributed by atoms with Gasteiger partial charge in [0.25, 0.3) is 5.91 Å². The van der Waals surface area contributed by atoms with Crippen LogP contribution < -0.4 is 11.1 Å². The van der Waals surface area contributed by atoms with Gasteiger partial charge >= 0.3 is 0 Å². The van der Waals surface area contributed by atoms with Crippen LogP contribution in [-0.4, -0.2) is 18.1 Å². The Morgan fingerprint density at radius 3 is 2.80 bits per heavy atom. The SMILES string of the molecule is CNC(=O)/C(S)=C/c1ccc(N)c(O)c1. The van der Waals surface area contributed by atoms with Gasteiger partial charge in [-0.25, -0.2) is 0 Å². The van der Waals surface area contributed by atoms with Crippen molar-refractivity contribution in [3.63, 3.8) is 0 Å².